The first kappa shape index (κ1) is 39.4. The van der Waals surface area contributed by atoms with Crippen molar-refractivity contribution in [3.05, 3.63) is 288 Å². The van der Waals surface area contributed by atoms with Crippen LogP contribution in [0.25, 0.3) is 33.4 Å². The smallest absolute Gasteiger partial charge is 0.0742 e. The number of para-hydroxylation sites is 3. The summed E-state index contributed by atoms with van der Waals surface area (Å²) < 4.78 is 0. The lowest BCUT2D eigenvalue weighted by molar-refractivity contribution is 0.660. The van der Waals surface area contributed by atoms with E-state index in [1.165, 1.54) is 55.6 Å². The fourth-order valence-corrected chi connectivity index (χ4v) is 11.1. The van der Waals surface area contributed by atoms with E-state index in [0.717, 1.165) is 45.3 Å². The molecule has 0 atom stereocenters. The van der Waals surface area contributed by atoms with Crippen LogP contribution in [0.2, 0.25) is 0 Å². The number of rotatable bonds is 8. The first-order valence-corrected chi connectivity index (χ1v) is 23.0. The minimum atomic E-state index is -0.584. The maximum absolute atomic E-state index is 2.47. The van der Waals surface area contributed by atoms with Gasteiger partial charge in [0.2, 0.25) is 0 Å². The molecule has 2 heteroatoms. The number of nitrogens with zero attached hydrogens (tertiary/aromatic N) is 2. The van der Waals surface area contributed by atoms with Crippen LogP contribution in [0.15, 0.2) is 255 Å². The highest BCUT2D eigenvalue weighted by molar-refractivity contribution is 5.95. The molecule has 10 aromatic carbocycles. The second-order valence-corrected chi connectivity index (χ2v) is 18.1. The maximum atomic E-state index is 2.47. The second kappa shape index (κ2) is 15.8. The number of anilines is 6. The van der Waals surface area contributed by atoms with Crippen molar-refractivity contribution >= 4 is 34.1 Å². The van der Waals surface area contributed by atoms with Crippen LogP contribution < -0.4 is 9.80 Å². The van der Waals surface area contributed by atoms with E-state index in [1.807, 2.05) is 0 Å². The summed E-state index contributed by atoms with van der Waals surface area (Å²) in [6.07, 6.45) is 0. The van der Waals surface area contributed by atoms with E-state index in [-0.39, 0.29) is 5.41 Å². The van der Waals surface area contributed by atoms with Gasteiger partial charge in [0, 0.05) is 28.0 Å². The highest BCUT2D eigenvalue weighted by atomic mass is 15.2. The van der Waals surface area contributed by atoms with Crippen LogP contribution >= 0.6 is 0 Å². The van der Waals surface area contributed by atoms with Crippen molar-refractivity contribution < 1.29 is 0 Å². The van der Waals surface area contributed by atoms with Crippen LogP contribution in [0.5, 0.6) is 0 Å². The normalized spacial score (nSPS) is 13.8. The number of hydrogen-bond acceptors (Lipinski definition) is 2. The molecule has 10 aromatic rings. The molecule has 0 saturated heterocycles. The van der Waals surface area contributed by atoms with Gasteiger partial charge < -0.3 is 9.80 Å². The van der Waals surface area contributed by atoms with Gasteiger partial charge in [-0.05, 0) is 116 Å². The third kappa shape index (κ3) is 6.17. The number of fused-ring (bicyclic) bond motifs is 5. The zero-order valence-electron chi connectivity index (χ0n) is 37.1. The van der Waals surface area contributed by atoms with Crippen LogP contribution in [0.1, 0.15) is 47.2 Å². The Morgan fingerprint density at radius 3 is 1.53 bits per heavy atom. The Balaban J connectivity index is 1.09. The van der Waals surface area contributed by atoms with Crippen LogP contribution in [0, 0.1) is 0 Å². The average molecular weight is 845 g/mol. The van der Waals surface area contributed by atoms with Crippen molar-refractivity contribution in [1.29, 1.82) is 0 Å². The summed E-state index contributed by atoms with van der Waals surface area (Å²) in [6, 6.07) is 93.8. The molecule has 0 saturated carbocycles. The molecule has 0 unspecified atom stereocenters. The molecular formula is C64H48N2. The summed E-state index contributed by atoms with van der Waals surface area (Å²) in [4.78, 5) is 4.94. The van der Waals surface area contributed by atoms with E-state index in [4.69, 9.17) is 0 Å². The number of benzene rings is 10. The minimum absolute atomic E-state index is 0.149. The summed E-state index contributed by atoms with van der Waals surface area (Å²) in [6.45, 7) is 4.73. The first-order chi connectivity index (χ1) is 32.5. The van der Waals surface area contributed by atoms with Crippen molar-refractivity contribution in [3.63, 3.8) is 0 Å². The monoisotopic (exact) mass is 844 g/mol. The SMILES string of the molecule is CC1(C)c2ccccc2-c2ccc(N(c3ccc(-c4ccccc4)cc3)c3ccccc3-c3ccc4c(c3)N(c3ccccc3)c3ccccc3C4(c3ccccc3)c3ccccc3)cc21. The molecule has 0 aromatic heterocycles. The largest absolute Gasteiger partial charge is 0.310 e. The van der Waals surface area contributed by atoms with Crippen LogP contribution in [0.3, 0.4) is 0 Å². The Hall–Kier alpha value is -8.20. The van der Waals surface area contributed by atoms with Gasteiger partial charge in [0.1, 0.15) is 0 Å². The summed E-state index contributed by atoms with van der Waals surface area (Å²) in [5.74, 6) is 0. The number of hydrogen-bond donors (Lipinski definition) is 0. The molecule has 12 rings (SSSR count). The van der Waals surface area contributed by atoms with Crippen LogP contribution in [0.4, 0.5) is 34.1 Å². The van der Waals surface area contributed by atoms with Gasteiger partial charge >= 0.3 is 0 Å². The Labute approximate surface area is 388 Å². The van der Waals surface area contributed by atoms with Gasteiger partial charge in [-0.25, -0.2) is 0 Å². The predicted octanol–water partition coefficient (Wildman–Crippen LogP) is 17.0. The van der Waals surface area contributed by atoms with Gasteiger partial charge in [0.25, 0.3) is 0 Å². The molecule has 2 aliphatic rings. The Morgan fingerprint density at radius 2 is 0.833 bits per heavy atom. The van der Waals surface area contributed by atoms with E-state index in [2.05, 4.69) is 278 Å². The molecule has 314 valence electrons. The topological polar surface area (TPSA) is 6.48 Å². The third-order valence-electron chi connectivity index (χ3n) is 14.1. The lowest BCUT2D eigenvalue weighted by atomic mass is 9.62. The fraction of sp³-hybridized carbons (Fsp3) is 0.0625. The summed E-state index contributed by atoms with van der Waals surface area (Å²) in [7, 11) is 0. The maximum Gasteiger partial charge on any atom is 0.0742 e. The predicted molar refractivity (Wildman–Crippen MR) is 276 cm³/mol. The van der Waals surface area contributed by atoms with Gasteiger partial charge in [-0.3, -0.25) is 0 Å². The quantitative estimate of drug-likeness (QED) is 0.150. The fourth-order valence-electron chi connectivity index (χ4n) is 11.1. The molecular weight excluding hydrogens is 797 g/mol. The Morgan fingerprint density at radius 1 is 0.333 bits per heavy atom. The summed E-state index contributed by atoms with van der Waals surface area (Å²) in [5.41, 5.74) is 21.0. The van der Waals surface area contributed by atoms with E-state index < -0.39 is 5.41 Å². The lowest BCUT2D eigenvalue weighted by Gasteiger charge is -2.46. The van der Waals surface area contributed by atoms with Crippen LogP contribution in [-0.2, 0) is 10.8 Å². The highest BCUT2D eigenvalue weighted by Crippen LogP contribution is 2.59. The molecule has 0 spiro atoms. The van der Waals surface area contributed by atoms with Crippen molar-refractivity contribution in [3.8, 4) is 33.4 Å². The van der Waals surface area contributed by atoms with Crippen molar-refractivity contribution in [2.24, 2.45) is 0 Å². The molecule has 1 aliphatic heterocycles. The van der Waals surface area contributed by atoms with Crippen molar-refractivity contribution in [2.75, 3.05) is 9.80 Å². The molecule has 0 bridgehead atoms. The van der Waals surface area contributed by atoms with E-state index in [9.17, 15) is 0 Å². The highest BCUT2D eigenvalue weighted by Gasteiger charge is 2.46. The van der Waals surface area contributed by atoms with Gasteiger partial charge in [-0.2, -0.15) is 0 Å². The standard InChI is InChI=1S/C64H48N2/c1-63(2)56-31-17-15-30-54(56)55-41-40-52(44-59(55)63)65(51-38-35-46(36-39-51)45-21-7-3-8-22-45)60-33-19-16-29-53(60)47-37-42-58-62(43-47)66(50-27-13-6-14-28-50)61-34-20-18-32-57(61)64(58,48-23-9-4-10-24-48)49-25-11-5-12-26-49/h3-44H,1-2H3. The minimum Gasteiger partial charge on any atom is -0.310 e. The molecule has 1 heterocycles. The molecule has 0 N–H and O–H groups in total. The summed E-state index contributed by atoms with van der Waals surface area (Å²) in [5, 5.41) is 0. The van der Waals surface area contributed by atoms with Crippen molar-refractivity contribution in [1.82, 2.24) is 0 Å². The first-order valence-electron chi connectivity index (χ1n) is 23.0. The molecule has 0 amide bonds. The second-order valence-electron chi connectivity index (χ2n) is 18.1. The molecule has 0 radical (unpaired) electrons. The molecule has 2 nitrogen and oxygen atoms in total. The summed E-state index contributed by atoms with van der Waals surface area (Å²) >= 11 is 0. The van der Waals surface area contributed by atoms with E-state index >= 15 is 0 Å². The zero-order valence-corrected chi connectivity index (χ0v) is 37.1. The Kier molecular flexibility index (Phi) is 9.43. The van der Waals surface area contributed by atoms with Gasteiger partial charge in [-0.15, -0.1) is 0 Å². The van der Waals surface area contributed by atoms with E-state index in [0.29, 0.717) is 0 Å². The molecule has 1 aliphatic carbocycles. The average Bonchev–Trinajstić information content (AvgIpc) is 3.62. The Bertz CT molecular complexity index is 3340. The van der Waals surface area contributed by atoms with Gasteiger partial charge in [-0.1, -0.05) is 214 Å². The van der Waals surface area contributed by atoms with Crippen LogP contribution in [-0.4, -0.2) is 0 Å². The molecule has 66 heavy (non-hydrogen) atoms. The van der Waals surface area contributed by atoms with Gasteiger partial charge in [0.15, 0.2) is 0 Å². The third-order valence-corrected chi connectivity index (χ3v) is 14.1. The van der Waals surface area contributed by atoms with Gasteiger partial charge in [0.05, 0.1) is 22.5 Å². The van der Waals surface area contributed by atoms with E-state index in [1.54, 1.807) is 0 Å². The lowest BCUT2D eigenvalue weighted by Crippen LogP contribution is -2.37. The zero-order chi connectivity index (χ0) is 44.2. The van der Waals surface area contributed by atoms with Crippen molar-refractivity contribution in [2.45, 2.75) is 24.7 Å². The molecule has 0 fully saturated rings.